The average Bonchev–Trinajstić information content (AvgIpc) is 2.59. The van der Waals surface area contributed by atoms with E-state index in [9.17, 15) is 9.59 Å². The van der Waals surface area contributed by atoms with Gasteiger partial charge in [-0.1, -0.05) is 39.5 Å². The Morgan fingerprint density at radius 3 is 1.00 bits per heavy atom. The lowest BCUT2D eigenvalue weighted by Crippen LogP contribution is -2.37. The molecule has 8 nitrogen and oxygen atoms in total. The summed E-state index contributed by atoms with van der Waals surface area (Å²) in [6, 6.07) is 0. The number of aliphatic hydroxyl groups excluding tert-OH is 4. The predicted molar refractivity (Wildman–Crippen MR) is 109 cm³/mol. The molecular formula is C17H38Cl2O8. The monoisotopic (exact) mass is 440 g/mol. The summed E-state index contributed by atoms with van der Waals surface area (Å²) >= 11 is 0. The Balaban J connectivity index is -0.0000000866. The second-order valence-corrected chi connectivity index (χ2v) is 5.83. The van der Waals surface area contributed by atoms with Crippen LogP contribution < -0.4 is 0 Å². The maximum atomic E-state index is 9.87. The third kappa shape index (κ3) is 30.3. The van der Waals surface area contributed by atoms with Gasteiger partial charge in [0, 0.05) is 12.8 Å². The molecule has 0 rings (SSSR count). The summed E-state index contributed by atoms with van der Waals surface area (Å²) in [5.41, 5.74) is -1.11. The molecule has 168 valence electrons. The third-order valence-electron chi connectivity index (χ3n) is 3.33. The van der Waals surface area contributed by atoms with Crippen LogP contribution in [0.25, 0.3) is 0 Å². The van der Waals surface area contributed by atoms with Gasteiger partial charge in [0.05, 0.1) is 31.8 Å². The fourth-order valence-electron chi connectivity index (χ4n) is 1.35. The van der Waals surface area contributed by atoms with Crippen LogP contribution in [0.15, 0.2) is 0 Å². The SMILES string of the molecule is CCCCCC(=O)O.CCCCCC(=O)O.Cl.Cl.OCC(CO)(CO)CO. The molecule has 0 unspecified atom stereocenters. The Hall–Kier alpha value is -0.640. The second kappa shape index (κ2) is 27.6. The molecule has 0 aliphatic rings. The van der Waals surface area contributed by atoms with Crippen LogP contribution in [0.1, 0.15) is 65.2 Å². The van der Waals surface area contributed by atoms with Crippen molar-refractivity contribution in [1.29, 1.82) is 0 Å². The van der Waals surface area contributed by atoms with Crippen molar-refractivity contribution in [3.8, 4) is 0 Å². The van der Waals surface area contributed by atoms with Crippen molar-refractivity contribution in [2.75, 3.05) is 26.4 Å². The standard InChI is InChI=1S/2C6H12O2.C5H12O4.2ClH/c2*1-2-3-4-5-6(7)8;6-1-5(2-7,3-8)4-9;;/h2*2-5H2,1H3,(H,7,8);6-9H,1-4H2;2*1H. The Morgan fingerprint density at radius 1 is 0.630 bits per heavy atom. The molecule has 0 saturated heterocycles. The van der Waals surface area contributed by atoms with Crippen LogP contribution in [0.4, 0.5) is 0 Å². The van der Waals surface area contributed by atoms with E-state index in [4.69, 9.17) is 30.6 Å². The molecule has 0 aliphatic carbocycles. The maximum Gasteiger partial charge on any atom is 0.303 e. The molecule has 0 heterocycles. The van der Waals surface area contributed by atoms with Crippen LogP contribution in [0.5, 0.6) is 0 Å². The highest BCUT2D eigenvalue weighted by Gasteiger charge is 2.26. The first-order valence-corrected chi connectivity index (χ1v) is 8.66. The quantitative estimate of drug-likeness (QED) is 0.252. The largest absolute Gasteiger partial charge is 0.481 e. The minimum atomic E-state index is -1.11. The summed E-state index contributed by atoms with van der Waals surface area (Å²) in [6.45, 7) is 2.49. The molecule has 0 saturated carbocycles. The summed E-state index contributed by atoms with van der Waals surface area (Å²) in [4.78, 5) is 19.7. The van der Waals surface area contributed by atoms with Crippen molar-refractivity contribution < 1.29 is 40.2 Å². The summed E-state index contributed by atoms with van der Waals surface area (Å²) < 4.78 is 0. The van der Waals surface area contributed by atoms with E-state index in [0.29, 0.717) is 12.8 Å². The van der Waals surface area contributed by atoms with Crippen LogP contribution in [-0.4, -0.2) is 69.0 Å². The Bertz CT molecular complexity index is 276. The Morgan fingerprint density at radius 2 is 0.889 bits per heavy atom. The minimum absolute atomic E-state index is 0. The smallest absolute Gasteiger partial charge is 0.303 e. The van der Waals surface area contributed by atoms with E-state index < -0.39 is 43.8 Å². The number of carbonyl (C=O) groups is 2. The normalized spacial score (nSPS) is 9.41. The first-order chi connectivity index (χ1) is 11.8. The molecule has 0 fully saturated rings. The van der Waals surface area contributed by atoms with E-state index in [0.717, 1.165) is 38.5 Å². The minimum Gasteiger partial charge on any atom is -0.481 e. The second-order valence-electron chi connectivity index (χ2n) is 5.83. The fourth-order valence-corrected chi connectivity index (χ4v) is 1.35. The van der Waals surface area contributed by atoms with Crippen LogP contribution >= 0.6 is 24.8 Å². The topological polar surface area (TPSA) is 156 Å². The molecule has 0 aromatic rings. The van der Waals surface area contributed by atoms with Gasteiger partial charge in [-0.15, -0.1) is 24.8 Å². The molecule has 27 heavy (non-hydrogen) atoms. The zero-order chi connectivity index (χ0) is 20.1. The third-order valence-corrected chi connectivity index (χ3v) is 3.33. The molecule has 0 aromatic heterocycles. The lowest BCUT2D eigenvalue weighted by Gasteiger charge is -2.23. The lowest BCUT2D eigenvalue weighted by atomic mass is 9.93. The zero-order valence-corrected chi connectivity index (χ0v) is 17.9. The van der Waals surface area contributed by atoms with Gasteiger partial charge in [0.25, 0.3) is 0 Å². The number of carboxylic acids is 2. The number of rotatable bonds is 12. The van der Waals surface area contributed by atoms with Gasteiger partial charge in [-0.05, 0) is 12.8 Å². The van der Waals surface area contributed by atoms with E-state index in [2.05, 4.69) is 13.8 Å². The van der Waals surface area contributed by atoms with Gasteiger partial charge < -0.3 is 30.6 Å². The molecule has 0 bridgehead atoms. The van der Waals surface area contributed by atoms with Crippen molar-refractivity contribution in [2.24, 2.45) is 5.41 Å². The zero-order valence-electron chi connectivity index (χ0n) is 16.3. The average molecular weight is 441 g/mol. The van der Waals surface area contributed by atoms with E-state index in [-0.39, 0.29) is 24.8 Å². The highest BCUT2D eigenvalue weighted by Crippen LogP contribution is 2.11. The van der Waals surface area contributed by atoms with Crippen LogP contribution in [-0.2, 0) is 9.59 Å². The molecule has 10 heteroatoms. The van der Waals surface area contributed by atoms with Crippen molar-refractivity contribution in [1.82, 2.24) is 0 Å². The molecular weight excluding hydrogens is 403 g/mol. The molecule has 0 atom stereocenters. The Kier molecular flexibility index (Phi) is 38.0. The molecule has 0 radical (unpaired) electrons. The number of aliphatic hydroxyl groups is 4. The van der Waals surface area contributed by atoms with E-state index in [1.807, 2.05) is 0 Å². The molecule has 0 aromatic carbocycles. The number of unbranched alkanes of at least 4 members (excludes halogenated alkanes) is 4. The van der Waals surface area contributed by atoms with Gasteiger partial charge in [-0.3, -0.25) is 9.59 Å². The summed E-state index contributed by atoms with van der Waals surface area (Å²) in [7, 11) is 0. The van der Waals surface area contributed by atoms with Gasteiger partial charge in [0.15, 0.2) is 0 Å². The fraction of sp³-hybridized carbons (Fsp3) is 0.882. The molecule has 0 aliphatic heterocycles. The van der Waals surface area contributed by atoms with Gasteiger partial charge in [-0.2, -0.15) is 0 Å². The molecule has 6 N–H and O–H groups in total. The maximum absolute atomic E-state index is 9.87. The van der Waals surface area contributed by atoms with E-state index >= 15 is 0 Å². The van der Waals surface area contributed by atoms with Crippen LogP contribution in [0.2, 0.25) is 0 Å². The molecule has 0 amide bonds. The number of halogens is 2. The van der Waals surface area contributed by atoms with Crippen molar-refractivity contribution in [3.05, 3.63) is 0 Å². The first kappa shape index (κ1) is 37.2. The van der Waals surface area contributed by atoms with Crippen LogP contribution in [0.3, 0.4) is 0 Å². The summed E-state index contributed by atoms with van der Waals surface area (Å²) in [5.74, 6) is -1.36. The Labute approximate surface area is 174 Å². The number of hydrogen-bond donors (Lipinski definition) is 6. The van der Waals surface area contributed by atoms with Crippen molar-refractivity contribution in [2.45, 2.75) is 65.2 Å². The van der Waals surface area contributed by atoms with E-state index in [1.165, 1.54) is 0 Å². The van der Waals surface area contributed by atoms with Gasteiger partial charge in [0.1, 0.15) is 0 Å². The number of carboxylic acid groups (broad SMARTS) is 2. The van der Waals surface area contributed by atoms with Gasteiger partial charge in [-0.25, -0.2) is 0 Å². The molecule has 0 spiro atoms. The predicted octanol–water partition coefficient (Wildman–Crippen LogP) is 2.09. The van der Waals surface area contributed by atoms with Gasteiger partial charge in [0.2, 0.25) is 0 Å². The van der Waals surface area contributed by atoms with Crippen molar-refractivity contribution >= 4 is 36.8 Å². The summed E-state index contributed by atoms with van der Waals surface area (Å²) in [6.07, 6.45) is 6.55. The highest BCUT2D eigenvalue weighted by molar-refractivity contribution is 5.85. The highest BCUT2D eigenvalue weighted by atomic mass is 35.5. The van der Waals surface area contributed by atoms with Crippen molar-refractivity contribution in [3.63, 3.8) is 0 Å². The number of aliphatic carboxylic acids is 2. The van der Waals surface area contributed by atoms with Gasteiger partial charge >= 0.3 is 11.9 Å². The lowest BCUT2D eigenvalue weighted by molar-refractivity contribution is -0.138. The first-order valence-electron chi connectivity index (χ1n) is 8.66. The summed E-state index contributed by atoms with van der Waals surface area (Å²) in [5, 5.41) is 50.3. The van der Waals surface area contributed by atoms with E-state index in [1.54, 1.807) is 0 Å². The van der Waals surface area contributed by atoms with Crippen LogP contribution in [0, 0.1) is 5.41 Å². The number of hydrogen-bond acceptors (Lipinski definition) is 6.